The first kappa shape index (κ1) is 17.5. The summed E-state index contributed by atoms with van der Waals surface area (Å²) in [6, 6.07) is 0. The maximum atomic E-state index is 12.0. The minimum Gasteiger partial charge on any atom is -0.466 e. The monoisotopic (exact) mass is 302 g/mol. The van der Waals surface area contributed by atoms with E-state index in [2.05, 4.69) is 0 Å². The molecule has 1 rings (SSSR count). The molecule has 1 fully saturated rings. The molecule has 4 heteroatoms. The van der Waals surface area contributed by atoms with E-state index >= 15 is 0 Å². The van der Waals surface area contributed by atoms with Crippen LogP contribution in [0.25, 0.3) is 0 Å². The summed E-state index contributed by atoms with van der Waals surface area (Å²) < 4.78 is 5.17. The summed E-state index contributed by atoms with van der Waals surface area (Å²) in [7, 11) is 0. The minimum absolute atomic E-state index is 0.114. The Hall–Kier alpha value is -0.570. The van der Waals surface area contributed by atoms with Gasteiger partial charge in [-0.15, -0.1) is 11.6 Å². The number of esters is 1. The lowest BCUT2D eigenvalue weighted by Gasteiger charge is -2.37. The van der Waals surface area contributed by atoms with E-state index in [0.717, 1.165) is 32.1 Å². The maximum absolute atomic E-state index is 12.0. The van der Waals surface area contributed by atoms with Crippen molar-refractivity contribution in [3.8, 4) is 0 Å². The van der Waals surface area contributed by atoms with Crippen molar-refractivity contribution in [1.29, 1.82) is 0 Å². The number of carbonyl (C=O) groups is 2. The fourth-order valence-electron chi connectivity index (χ4n) is 3.07. The third-order valence-corrected chi connectivity index (χ3v) is 4.83. The molecular weight excluding hydrogens is 276 g/mol. The second-order valence-corrected chi connectivity index (χ2v) is 6.63. The fourth-order valence-corrected chi connectivity index (χ4v) is 3.20. The predicted octanol–water partition coefficient (Wildman–Crippen LogP) is 3.97. The van der Waals surface area contributed by atoms with Crippen LogP contribution in [0.5, 0.6) is 0 Å². The van der Waals surface area contributed by atoms with E-state index in [1.807, 2.05) is 20.8 Å². The van der Waals surface area contributed by atoms with E-state index in [-0.39, 0.29) is 11.9 Å². The number of halogens is 1. The second kappa shape index (κ2) is 8.02. The van der Waals surface area contributed by atoms with Gasteiger partial charge in [0.1, 0.15) is 5.78 Å². The van der Waals surface area contributed by atoms with E-state index < -0.39 is 5.41 Å². The second-order valence-electron chi connectivity index (χ2n) is 6.25. The molecule has 116 valence electrons. The van der Waals surface area contributed by atoms with Gasteiger partial charge in [0.25, 0.3) is 0 Å². The SMILES string of the molecule is CCOC(=O)C(C)(C)C1CCC(C(=O)CCCCl)CC1. The van der Waals surface area contributed by atoms with Gasteiger partial charge in [0, 0.05) is 18.2 Å². The van der Waals surface area contributed by atoms with Crippen LogP contribution in [0, 0.1) is 17.3 Å². The van der Waals surface area contributed by atoms with E-state index in [0.29, 0.717) is 30.6 Å². The zero-order chi connectivity index (χ0) is 15.2. The van der Waals surface area contributed by atoms with Crippen molar-refractivity contribution in [2.75, 3.05) is 12.5 Å². The van der Waals surface area contributed by atoms with Crippen molar-refractivity contribution in [1.82, 2.24) is 0 Å². The lowest BCUT2D eigenvalue weighted by atomic mass is 9.68. The lowest BCUT2D eigenvalue weighted by Crippen LogP contribution is -2.37. The van der Waals surface area contributed by atoms with Crippen molar-refractivity contribution in [2.24, 2.45) is 17.3 Å². The third kappa shape index (κ3) is 4.47. The summed E-state index contributed by atoms with van der Waals surface area (Å²) in [5, 5.41) is 0. The predicted molar refractivity (Wildman–Crippen MR) is 80.8 cm³/mol. The topological polar surface area (TPSA) is 43.4 Å². The van der Waals surface area contributed by atoms with Gasteiger partial charge in [0.05, 0.1) is 12.0 Å². The van der Waals surface area contributed by atoms with Crippen LogP contribution in [-0.4, -0.2) is 24.2 Å². The Balaban J connectivity index is 2.49. The number of rotatable bonds is 7. The first-order valence-electron chi connectivity index (χ1n) is 7.69. The molecule has 1 aliphatic rings. The Morgan fingerprint density at radius 3 is 2.30 bits per heavy atom. The highest BCUT2D eigenvalue weighted by molar-refractivity contribution is 6.17. The summed E-state index contributed by atoms with van der Waals surface area (Å²) in [6.45, 7) is 6.19. The number of carbonyl (C=O) groups excluding carboxylic acids is 2. The molecule has 0 heterocycles. The summed E-state index contributed by atoms with van der Waals surface area (Å²) in [6.07, 6.45) is 5.03. The molecule has 0 unspecified atom stereocenters. The minimum atomic E-state index is -0.444. The van der Waals surface area contributed by atoms with Gasteiger partial charge in [0.2, 0.25) is 0 Å². The first-order chi connectivity index (χ1) is 9.43. The molecule has 0 bridgehead atoms. The van der Waals surface area contributed by atoms with Gasteiger partial charge in [-0.3, -0.25) is 9.59 Å². The molecule has 1 saturated carbocycles. The van der Waals surface area contributed by atoms with Crippen LogP contribution in [0.3, 0.4) is 0 Å². The molecule has 0 saturated heterocycles. The van der Waals surface area contributed by atoms with Crippen LogP contribution < -0.4 is 0 Å². The van der Waals surface area contributed by atoms with Crippen molar-refractivity contribution in [3.05, 3.63) is 0 Å². The fraction of sp³-hybridized carbons (Fsp3) is 0.875. The number of hydrogen-bond acceptors (Lipinski definition) is 3. The molecule has 0 amide bonds. The highest BCUT2D eigenvalue weighted by Gasteiger charge is 2.40. The van der Waals surface area contributed by atoms with Gasteiger partial charge in [-0.25, -0.2) is 0 Å². The van der Waals surface area contributed by atoms with Crippen LogP contribution in [0.1, 0.15) is 59.3 Å². The number of Topliss-reactive ketones (excluding diaryl/α,β-unsaturated/α-hetero) is 1. The van der Waals surface area contributed by atoms with Crippen LogP contribution in [0.2, 0.25) is 0 Å². The molecule has 0 aromatic carbocycles. The van der Waals surface area contributed by atoms with Gasteiger partial charge in [-0.05, 0) is 58.8 Å². The maximum Gasteiger partial charge on any atom is 0.311 e. The Labute approximate surface area is 127 Å². The summed E-state index contributed by atoms with van der Waals surface area (Å²) >= 11 is 5.63. The normalized spacial score (nSPS) is 23.4. The zero-order valence-corrected chi connectivity index (χ0v) is 13.7. The van der Waals surface area contributed by atoms with Gasteiger partial charge in [-0.1, -0.05) is 0 Å². The molecule has 0 aromatic heterocycles. The standard InChI is InChI=1S/C16H27ClO3/c1-4-20-15(19)16(2,3)13-9-7-12(8-10-13)14(18)6-5-11-17/h12-13H,4-11H2,1-3H3. The number of ketones is 1. The highest BCUT2D eigenvalue weighted by Crippen LogP contribution is 2.41. The lowest BCUT2D eigenvalue weighted by molar-refractivity contribution is -0.157. The van der Waals surface area contributed by atoms with Crippen molar-refractivity contribution >= 4 is 23.4 Å². The van der Waals surface area contributed by atoms with Gasteiger partial charge in [-0.2, -0.15) is 0 Å². The first-order valence-corrected chi connectivity index (χ1v) is 8.22. The van der Waals surface area contributed by atoms with Gasteiger partial charge in [0.15, 0.2) is 0 Å². The Morgan fingerprint density at radius 2 is 1.80 bits per heavy atom. The molecule has 0 N–H and O–H groups in total. The molecule has 1 aliphatic carbocycles. The average molecular weight is 303 g/mol. The summed E-state index contributed by atoms with van der Waals surface area (Å²) in [5.74, 6) is 1.28. The number of ether oxygens (including phenoxy) is 1. The van der Waals surface area contributed by atoms with Crippen LogP contribution >= 0.6 is 11.6 Å². The summed E-state index contributed by atoms with van der Waals surface area (Å²) in [4.78, 5) is 24.0. The molecule has 0 spiro atoms. The molecule has 20 heavy (non-hydrogen) atoms. The average Bonchev–Trinajstić information content (AvgIpc) is 2.45. The quantitative estimate of drug-likeness (QED) is 0.528. The molecule has 3 nitrogen and oxygen atoms in total. The molecule has 0 aromatic rings. The largest absolute Gasteiger partial charge is 0.466 e. The van der Waals surface area contributed by atoms with Crippen molar-refractivity contribution < 1.29 is 14.3 Å². The zero-order valence-electron chi connectivity index (χ0n) is 12.9. The van der Waals surface area contributed by atoms with Gasteiger partial charge < -0.3 is 4.74 Å². The number of alkyl halides is 1. The third-order valence-electron chi connectivity index (χ3n) is 4.56. The van der Waals surface area contributed by atoms with Crippen molar-refractivity contribution in [2.45, 2.75) is 59.3 Å². The summed E-state index contributed by atoms with van der Waals surface area (Å²) in [5.41, 5.74) is -0.444. The van der Waals surface area contributed by atoms with Crippen LogP contribution in [-0.2, 0) is 14.3 Å². The van der Waals surface area contributed by atoms with Crippen LogP contribution in [0.4, 0.5) is 0 Å². The Bertz CT molecular complexity index is 331. The highest BCUT2D eigenvalue weighted by atomic mass is 35.5. The molecule has 0 aliphatic heterocycles. The molecule has 0 atom stereocenters. The van der Waals surface area contributed by atoms with Crippen LogP contribution in [0.15, 0.2) is 0 Å². The van der Waals surface area contributed by atoms with E-state index in [9.17, 15) is 9.59 Å². The molecule has 0 radical (unpaired) electrons. The number of hydrogen-bond donors (Lipinski definition) is 0. The molecular formula is C16H27ClO3. The Morgan fingerprint density at radius 1 is 1.20 bits per heavy atom. The van der Waals surface area contributed by atoms with E-state index in [4.69, 9.17) is 16.3 Å². The van der Waals surface area contributed by atoms with Gasteiger partial charge >= 0.3 is 5.97 Å². The Kier molecular flexibility index (Phi) is 7.01. The van der Waals surface area contributed by atoms with E-state index in [1.165, 1.54) is 0 Å². The smallest absolute Gasteiger partial charge is 0.311 e. The van der Waals surface area contributed by atoms with E-state index in [1.54, 1.807) is 0 Å². The van der Waals surface area contributed by atoms with Crippen molar-refractivity contribution in [3.63, 3.8) is 0 Å².